The maximum Gasteiger partial charge on any atom is 0.498 e. The predicted molar refractivity (Wildman–Crippen MR) is 126 cm³/mol. The van der Waals surface area contributed by atoms with Crippen molar-refractivity contribution in [3.05, 3.63) is 22.6 Å². The third-order valence-corrected chi connectivity index (χ3v) is 6.58. The summed E-state index contributed by atoms with van der Waals surface area (Å²) in [4.78, 5) is 26.5. The second-order valence-electron chi connectivity index (χ2n) is 10.9. The first-order chi connectivity index (χ1) is 15.2. The third-order valence-electron chi connectivity index (χ3n) is 6.58. The van der Waals surface area contributed by atoms with Crippen molar-refractivity contribution in [3.63, 3.8) is 0 Å². The van der Waals surface area contributed by atoms with Crippen LogP contribution in [0.2, 0.25) is 0 Å². The quantitative estimate of drug-likeness (QED) is 0.474. The maximum atomic E-state index is 13.3. The van der Waals surface area contributed by atoms with Crippen molar-refractivity contribution in [2.24, 2.45) is 0 Å². The van der Waals surface area contributed by atoms with Gasteiger partial charge in [-0.1, -0.05) is 0 Å². The highest BCUT2D eigenvalue weighted by Crippen LogP contribution is 2.37. The van der Waals surface area contributed by atoms with Gasteiger partial charge in [0.25, 0.3) is 5.56 Å². The van der Waals surface area contributed by atoms with Crippen molar-refractivity contribution in [1.29, 1.82) is 0 Å². The van der Waals surface area contributed by atoms with Gasteiger partial charge in [-0.25, -0.2) is 4.79 Å². The van der Waals surface area contributed by atoms with Crippen LogP contribution in [0.3, 0.4) is 0 Å². The van der Waals surface area contributed by atoms with Gasteiger partial charge in [0.05, 0.1) is 24.4 Å². The molecule has 2 atom stereocenters. The molecule has 9 heteroatoms. The lowest BCUT2D eigenvalue weighted by atomic mass is 9.79. The van der Waals surface area contributed by atoms with Crippen LogP contribution < -0.4 is 15.8 Å². The second kappa shape index (κ2) is 9.43. The molecule has 0 amide bonds. The van der Waals surface area contributed by atoms with E-state index in [1.807, 2.05) is 48.5 Å². The SMILES string of the molecule is COc1cn(C(C[C@@H]2CCCCO2)C(=O)OC(C)(C)C)c(=O)cc1B1OC(C)(C)C(C)(C)O1. The number of methoxy groups -OCH3 is 1. The van der Waals surface area contributed by atoms with Crippen LogP contribution in [-0.2, 0) is 23.6 Å². The molecule has 33 heavy (non-hydrogen) atoms. The van der Waals surface area contributed by atoms with Crippen LogP contribution in [0.15, 0.2) is 17.1 Å². The molecule has 3 rings (SSSR count). The van der Waals surface area contributed by atoms with Gasteiger partial charge in [-0.05, 0) is 67.7 Å². The molecule has 184 valence electrons. The van der Waals surface area contributed by atoms with Crippen LogP contribution in [0.5, 0.6) is 5.75 Å². The van der Waals surface area contributed by atoms with E-state index in [-0.39, 0.29) is 11.7 Å². The fourth-order valence-electron chi connectivity index (χ4n) is 4.05. The molecule has 1 unspecified atom stereocenters. The molecule has 2 fully saturated rings. The summed E-state index contributed by atoms with van der Waals surface area (Å²) >= 11 is 0. The maximum absolute atomic E-state index is 13.3. The van der Waals surface area contributed by atoms with Crippen molar-refractivity contribution in [3.8, 4) is 5.75 Å². The Balaban J connectivity index is 1.98. The summed E-state index contributed by atoms with van der Waals surface area (Å²) in [5, 5.41) is 0. The Morgan fingerprint density at radius 3 is 2.36 bits per heavy atom. The number of ether oxygens (including phenoxy) is 3. The molecule has 0 radical (unpaired) electrons. The minimum atomic E-state index is -0.832. The highest BCUT2D eigenvalue weighted by atomic mass is 16.7. The molecule has 1 aromatic rings. The van der Waals surface area contributed by atoms with E-state index in [0.717, 1.165) is 19.3 Å². The van der Waals surface area contributed by atoms with Gasteiger partial charge in [0.2, 0.25) is 0 Å². The number of rotatable bonds is 6. The number of esters is 1. The molecule has 2 aliphatic rings. The van der Waals surface area contributed by atoms with E-state index in [2.05, 4.69) is 0 Å². The molecule has 0 saturated carbocycles. The summed E-state index contributed by atoms with van der Waals surface area (Å²) in [6.07, 6.45) is 4.68. The van der Waals surface area contributed by atoms with Gasteiger partial charge >= 0.3 is 13.1 Å². The number of nitrogens with zero attached hydrogens (tertiary/aromatic N) is 1. The molecule has 3 heterocycles. The number of hydrogen-bond donors (Lipinski definition) is 0. The predicted octanol–water partition coefficient (Wildman–Crippen LogP) is 3.00. The largest absolute Gasteiger partial charge is 0.498 e. The summed E-state index contributed by atoms with van der Waals surface area (Å²) < 4.78 is 30.8. The highest BCUT2D eigenvalue weighted by Gasteiger charge is 2.52. The van der Waals surface area contributed by atoms with Crippen molar-refractivity contribution < 1.29 is 28.3 Å². The van der Waals surface area contributed by atoms with E-state index in [4.69, 9.17) is 23.5 Å². The van der Waals surface area contributed by atoms with Gasteiger partial charge in [-0.3, -0.25) is 9.36 Å². The first-order valence-electron chi connectivity index (χ1n) is 11.7. The standard InChI is InChI=1S/C24H38BNO7/c1-22(2,3)31-21(28)18(13-16-11-9-10-12-30-16)26-15-19(29-8)17(14-20(26)27)25-32-23(4,5)24(6,7)33-25/h14-16,18H,9-13H2,1-8H3/t16-,18?/m0/s1. The number of carbonyl (C=O) groups is 1. The summed E-state index contributed by atoms with van der Waals surface area (Å²) in [5.74, 6) is -0.0598. The van der Waals surface area contributed by atoms with E-state index in [9.17, 15) is 9.59 Å². The zero-order chi connectivity index (χ0) is 24.6. The summed E-state index contributed by atoms with van der Waals surface area (Å²) in [6, 6.07) is 0.598. The van der Waals surface area contributed by atoms with Gasteiger partial charge in [0.15, 0.2) is 0 Å². The Morgan fingerprint density at radius 2 is 1.85 bits per heavy atom. The third kappa shape index (κ3) is 5.81. The molecule has 1 aromatic heterocycles. The lowest BCUT2D eigenvalue weighted by Crippen LogP contribution is -2.42. The van der Waals surface area contributed by atoms with Crippen molar-refractivity contribution in [2.45, 2.75) is 103 Å². The molecule has 0 N–H and O–H groups in total. The zero-order valence-corrected chi connectivity index (χ0v) is 21.2. The Morgan fingerprint density at radius 1 is 1.21 bits per heavy atom. The fourth-order valence-corrected chi connectivity index (χ4v) is 4.05. The summed E-state index contributed by atoms with van der Waals surface area (Å²) in [7, 11) is 0.764. The molecular formula is C24H38BNO7. The molecular weight excluding hydrogens is 425 g/mol. The second-order valence-corrected chi connectivity index (χ2v) is 10.9. The normalized spacial score (nSPS) is 23.3. The number of pyridine rings is 1. The topological polar surface area (TPSA) is 85.2 Å². The average Bonchev–Trinajstić information content (AvgIpc) is 2.92. The number of aromatic nitrogens is 1. The molecule has 0 aliphatic carbocycles. The van der Waals surface area contributed by atoms with Gasteiger partial charge < -0.3 is 23.5 Å². The minimum Gasteiger partial charge on any atom is -0.496 e. The summed E-state index contributed by atoms with van der Waals surface area (Å²) in [5.41, 5.74) is -1.66. The smallest absolute Gasteiger partial charge is 0.496 e. The van der Waals surface area contributed by atoms with Crippen molar-refractivity contribution in [2.75, 3.05) is 13.7 Å². The van der Waals surface area contributed by atoms with E-state index < -0.39 is 35.9 Å². The monoisotopic (exact) mass is 463 g/mol. The Bertz CT molecular complexity index is 896. The zero-order valence-electron chi connectivity index (χ0n) is 21.2. The van der Waals surface area contributed by atoms with Crippen LogP contribution in [0.4, 0.5) is 0 Å². The molecule has 0 aromatic carbocycles. The van der Waals surface area contributed by atoms with Crippen LogP contribution >= 0.6 is 0 Å². The van der Waals surface area contributed by atoms with Gasteiger partial charge in [0, 0.05) is 30.8 Å². The van der Waals surface area contributed by atoms with E-state index in [1.165, 1.54) is 17.7 Å². The molecule has 0 bridgehead atoms. The highest BCUT2D eigenvalue weighted by molar-refractivity contribution is 6.63. The van der Waals surface area contributed by atoms with Crippen LogP contribution in [0.25, 0.3) is 0 Å². The minimum absolute atomic E-state index is 0.114. The molecule has 8 nitrogen and oxygen atoms in total. The van der Waals surface area contributed by atoms with Crippen LogP contribution in [-0.4, -0.2) is 54.3 Å². The fraction of sp³-hybridized carbons (Fsp3) is 0.750. The van der Waals surface area contributed by atoms with Crippen molar-refractivity contribution in [1.82, 2.24) is 4.57 Å². The molecule has 2 aliphatic heterocycles. The first-order valence-corrected chi connectivity index (χ1v) is 11.7. The van der Waals surface area contributed by atoms with E-state index in [0.29, 0.717) is 24.2 Å². The lowest BCUT2D eigenvalue weighted by molar-refractivity contribution is -0.160. The van der Waals surface area contributed by atoms with Gasteiger partial charge in [-0.15, -0.1) is 0 Å². The number of hydrogen-bond acceptors (Lipinski definition) is 7. The van der Waals surface area contributed by atoms with Crippen LogP contribution in [0, 0.1) is 0 Å². The molecule has 2 saturated heterocycles. The summed E-state index contributed by atoms with van der Waals surface area (Å²) in [6.45, 7) is 13.9. The van der Waals surface area contributed by atoms with E-state index >= 15 is 0 Å². The average molecular weight is 463 g/mol. The van der Waals surface area contributed by atoms with E-state index in [1.54, 1.807) is 6.20 Å². The Hall–Kier alpha value is -1.84. The Kier molecular flexibility index (Phi) is 7.37. The Labute approximate surface area is 197 Å². The number of carbonyl (C=O) groups excluding carboxylic acids is 1. The lowest BCUT2D eigenvalue weighted by Gasteiger charge is -2.32. The van der Waals surface area contributed by atoms with Crippen molar-refractivity contribution >= 4 is 18.6 Å². The van der Waals surface area contributed by atoms with Gasteiger partial charge in [-0.2, -0.15) is 0 Å². The van der Waals surface area contributed by atoms with Crippen LogP contribution in [0.1, 0.15) is 80.2 Å². The molecule has 0 spiro atoms. The van der Waals surface area contributed by atoms with Gasteiger partial charge in [0.1, 0.15) is 17.4 Å². The first kappa shape index (κ1) is 25.8.